The zero-order valence-electron chi connectivity index (χ0n) is 10.0. The van der Waals surface area contributed by atoms with Gasteiger partial charge in [-0.15, -0.1) is 12.4 Å². The van der Waals surface area contributed by atoms with Crippen molar-refractivity contribution in [3.63, 3.8) is 0 Å². The Labute approximate surface area is 108 Å². The molecule has 4 unspecified atom stereocenters. The van der Waals surface area contributed by atoms with Gasteiger partial charge in [-0.2, -0.15) is 0 Å². The Morgan fingerprint density at radius 3 is 2.41 bits per heavy atom. The maximum absolute atomic E-state index is 12.9. The second-order valence-corrected chi connectivity index (χ2v) is 5.23. The Kier molecular flexibility index (Phi) is 3.74. The lowest BCUT2D eigenvalue weighted by atomic mass is 9.80. The van der Waals surface area contributed by atoms with Gasteiger partial charge in [0.1, 0.15) is 5.82 Å². The van der Waals surface area contributed by atoms with Crippen molar-refractivity contribution in [1.29, 1.82) is 0 Å². The first-order valence-electron chi connectivity index (χ1n) is 6.22. The molecular weight excluding hydrogens is 237 g/mol. The second-order valence-electron chi connectivity index (χ2n) is 5.23. The Balaban J connectivity index is 0.00000108. The maximum atomic E-state index is 12.9. The van der Waals surface area contributed by atoms with Crippen molar-refractivity contribution >= 4 is 12.4 Å². The molecule has 0 aromatic heterocycles. The number of nitrogens with one attached hydrogen (secondary N) is 1. The topological polar surface area (TPSA) is 12.0 Å². The van der Waals surface area contributed by atoms with Gasteiger partial charge in [0.2, 0.25) is 0 Å². The van der Waals surface area contributed by atoms with Crippen LogP contribution in [-0.2, 0) is 0 Å². The molecule has 2 bridgehead atoms. The van der Waals surface area contributed by atoms with Crippen LogP contribution in [0.25, 0.3) is 0 Å². The highest BCUT2D eigenvalue weighted by atomic mass is 35.5. The fourth-order valence-corrected chi connectivity index (χ4v) is 3.87. The van der Waals surface area contributed by atoms with Crippen LogP contribution in [0.5, 0.6) is 0 Å². The van der Waals surface area contributed by atoms with Gasteiger partial charge in [-0.3, -0.25) is 0 Å². The molecule has 2 aliphatic rings. The first kappa shape index (κ1) is 12.8. The van der Waals surface area contributed by atoms with E-state index in [1.807, 2.05) is 12.1 Å². The number of fused-ring (bicyclic) bond motifs is 2. The lowest BCUT2D eigenvalue weighted by molar-refractivity contribution is 0.326. The standard InChI is InChI=1S/C14H18FN.ClH/c1-16-14-11-3-2-10(8-11)13(14)9-4-6-12(15)7-5-9;/h4-7,10-11,13-14,16H,2-3,8H2,1H3;1H. The average molecular weight is 256 g/mol. The van der Waals surface area contributed by atoms with Crippen molar-refractivity contribution in [2.24, 2.45) is 11.8 Å². The molecule has 1 nitrogen and oxygen atoms in total. The van der Waals surface area contributed by atoms with Crippen molar-refractivity contribution in [2.45, 2.75) is 31.2 Å². The molecule has 4 atom stereocenters. The largest absolute Gasteiger partial charge is 0.316 e. The Morgan fingerprint density at radius 1 is 1.12 bits per heavy atom. The summed E-state index contributed by atoms with van der Waals surface area (Å²) >= 11 is 0. The minimum Gasteiger partial charge on any atom is -0.316 e. The summed E-state index contributed by atoms with van der Waals surface area (Å²) in [6.07, 6.45) is 4.08. The molecule has 3 heteroatoms. The van der Waals surface area contributed by atoms with E-state index in [-0.39, 0.29) is 18.2 Å². The van der Waals surface area contributed by atoms with E-state index in [1.54, 1.807) is 12.1 Å². The van der Waals surface area contributed by atoms with Gasteiger partial charge >= 0.3 is 0 Å². The van der Waals surface area contributed by atoms with E-state index in [9.17, 15) is 4.39 Å². The normalized spacial score (nSPS) is 34.7. The quantitative estimate of drug-likeness (QED) is 0.855. The average Bonchev–Trinajstić information content (AvgIpc) is 2.89. The third kappa shape index (κ3) is 2.09. The van der Waals surface area contributed by atoms with E-state index >= 15 is 0 Å². The molecule has 1 aromatic carbocycles. The monoisotopic (exact) mass is 255 g/mol. The Morgan fingerprint density at radius 2 is 1.76 bits per heavy atom. The molecule has 2 fully saturated rings. The van der Waals surface area contributed by atoms with Crippen LogP contribution in [0.3, 0.4) is 0 Å². The fourth-order valence-electron chi connectivity index (χ4n) is 3.87. The Hall–Kier alpha value is -0.600. The van der Waals surface area contributed by atoms with E-state index in [0.717, 1.165) is 11.8 Å². The molecule has 2 saturated carbocycles. The molecule has 3 rings (SSSR count). The number of hydrogen-bond acceptors (Lipinski definition) is 1. The van der Waals surface area contributed by atoms with E-state index in [1.165, 1.54) is 24.8 Å². The minimum absolute atomic E-state index is 0. The Bertz CT molecular complexity index is 378. The summed E-state index contributed by atoms with van der Waals surface area (Å²) < 4.78 is 12.9. The lowest BCUT2D eigenvalue weighted by Crippen LogP contribution is -2.37. The molecule has 94 valence electrons. The summed E-state index contributed by atoms with van der Waals surface area (Å²) in [6.45, 7) is 0. The molecule has 0 spiro atoms. The summed E-state index contributed by atoms with van der Waals surface area (Å²) in [5, 5.41) is 3.46. The zero-order valence-corrected chi connectivity index (χ0v) is 10.8. The minimum atomic E-state index is -0.132. The molecule has 0 heterocycles. The molecular formula is C14H19ClFN. The molecule has 1 aromatic rings. The van der Waals surface area contributed by atoms with Gasteiger partial charge in [-0.05, 0) is 55.8 Å². The van der Waals surface area contributed by atoms with Crippen LogP contribution >= 0.6 is 12.4 Å². The van der Waals surface area contributed by atoms with Crippen LogP contribution < -0.4 is 5.32 Å². The highest BCUT2D eigenvalue weighted by Crippen LogP contribution is 2.52. The van der Waals surface area contributed by atoms with Crippen molar-refractivity contribution in [3.8, 4) is 0 Å². The number of rotatable bonds is 2. The van der Waals surface area contributed by atoms with E-state index in [4.69, 9.17) is 0 Å². The molecule has 0 saturated heterocycles. The van der Waals surface area contributed by atoms with E-state index in [2.05, 4.69) is 12.4 Å². The highest BCUT2D eigenvalue weighted by molar-refractivity contribution is 5.85. The zero-order chi connectivity index (χ0) is 11.1. The van der Waals surface area contributed by atoms with Crippen LogP contribution in [0.4, 0.5) is 4.39 Å². The van der Waals surface area contributed by atoms with Gasteiger partial charge in [0, 0.05) is 12.0 Å². The SMILES string of the molecule is CNC1C2CCC(C2)C1c1ccc(F)cc1.Cl. The van der Waals surface area contributed by atoms with Gasteiger partial charge in [-0.25, -0.2) is 4.39 Å². The highest BCUT2D eigenvalue weighted by Gasteiger charge is 2.47. The number of benzene rings is 1. The van der Waals surface area contributed by atoms with Gasteiger partial charge in [0.05, 0.1) is 0 Å². The summed E-state index contributed by atoms with van der Waals surface area (Å²) in [4.78, 5) is 0. The molecule has 0 amide bonds. The van der Waals surface area contributed by atoms with E-state index < -0.39 is 0 Å². The van der Waals surface area contributed by atoms with Gasteiger partial charge < -0.3 is 5.32 Å². The molecule has 17 heavy (non-hydrogen) atoms. The molecule has 0 aliphatic heterocycles. The summed E-state index contributed by atoms with van der Waals surface area (Å²) in [5.41, 5.74) is 1.31. The van der Waals surface area contributed by atoms with Crippen molar-refractivity contribution in [3.05, 3.63) is 35.6 Å². The molecule has 2 aliphatic carbocycles. The van der Waals surface area contributed by atoms with Crippen LogP contribution in [-0.4, -0.2) is 13.1 Å². The van der Waals surface area contributed by atoms with Crippen LogP contribution in [0.15, 0.2) is 24.3 Å². The van der Waals surface area contributed by atoms with Crippen LogP contribution in [0.2, 0.25) is 0 Å². The smallest absolute Gasteiger partial charge is 0.123 e. The van der Waals surface area contributed by atoms with Crippen molar-refractivity contribution in [1.82, 2.24) is 5.32 Å². The third-order valence-electron chi connectivity index (χ3n) is 4.50. The van der Waals surface area contributed by atoms with Crippen molar-refractivity contribution in [2.75, 3.05) is 7.05 Å². The fraction of sp³-hybridized carbons (Fsp3) is 0.571. The first-order valence-corrected chi connectivity index (χ1v) is 6.22. The summed E-state index contributed by atoms with van der Waals surface area (Å²) in [5.74, 6) is 2.12. The van der Waals surface area contributed by atoms with Gasteiger partial charge in [0.25, 0.3) is 0 Å². The van der Waals surface area contributed by atoms with Gasteiger partial charge in [0.15, 0.2) is 0 Å². The third-order valence-corrected chi connectivity index (χ3v) is 4.50. The second kappa shape index (κ2) is 4.95. The van der Waals surface area contributed by atoms with Gasteiger partial charge in [-0.1, -0.05) is 12.1 Å². The first-order chi connectivity index (χ1) is 7.79. The lowest BCUT2D eigenvalue weighted by Gasteiger charge is -2.31. The molecule has 1 N–H and O–H groups in total. The van der Waals surface area contributed by atoms with E-state index in [0.29, 0.717) is 12.0 Å². The number of likely N-dealkylation sites (N-methyl/N-ethyl adjacent to an activating group) is 1. The summed E-state index contributed by atoms with van der Waals surface area (Å²) in [6, 6.07) is 7.71. The maximum Gasteiger partial charge on any atom is 0.123 e. The number of halogens is 2. The molecule has 0 radical (unpaired) electrons. The number of hydrogen-bond donors (Lipinski definition) is 1. The van der Waals surface area contributed by atoms with Crippen molar-refractivity contribution < 1.29 is 4.39 Å². The predicted octanol–water partition coefficient (Wildman–Crippen LogP) is 3.35. The summed E-state index contributed by atoms with van der Waals surface area (Å²) in [7, 11) is 2.06. The van der Waals surface area contributed by atoms with Crippen LogP contribution in [0.1, 0.15) is 30.7 Å². The predicted molar refractivity (Wildman–Crippen MR) is 70.1 cm³/mol. The van der Waals surface area contributed by atoms with Crippen LogP contribution in [0, 0.1) is 17.7 Å².